The summed E-state index contributed by atoms with van der Waals surface area (Å²) in [4.78, 5) is 24.3. The molecule has 4 saturated carbocycles. The van der Waals surface area contributed by atoms with Crippen LogP contribution in [-0.2, 0) is 9.59 Å². The molecule has 5 rings (SSSR count). The zero-order valence-corrected chi connectivity index (χ0v) is 15.4. The fourth-order valence-corrected chi connectivity index (χ4v) is 6.80. The van der Waals surface area contributed by atoms with Crippen molar-refractivity contribution in [2.75, 3.05) is 10.6 Å². The molecule has 4 aliphatic carbocycles. The minimum absolute atomic E-state index is 0.0909. The molecule has 2 unspecified atom stereocenters. The van der Waals surface area contributed by atoms with Crippen LogP contribution in [0.3, 0.4) is 0 Å². The molecule has 0 spiro atoms. The highest BCUT2D eigenvalue weighted by Gasteiger charge is 2.62. The van der Waals surface area contributed by atoms with Crippen LogP contribution in [0.25, 0.3) is 0 Å². The normalized spacial score (nSPS) is 38.4. The fraction of sp³-hybridized carbons (Fsp3) is 0.619. The van der Waals surface area contributed by atoms with E-state index in [2.05, 4.69) is 24.5 Å². The maximum absolute atomic E-state index is 13.2. The maximum atomic E-state index is 13.2. The minimum atomic E-state index is -0.195. The molecule has 4 heteroatoms. The van der Waals surface area contributed by atoms with E-state index >= 15 is 0 Å². The number of benzene rings is 1. The number of hydrogen-bond acceptors (Lipinski definition) is 2. The third-order valence-electron chi connectivity index (χ3n) is 6.57. The van der Waals surface area contributed by atoms with Crippen molar-refractivity contribution in [3.63, 3.8) is 0 Å². The molecule has 2 atom stereocenters. The average molecular weight is 340 g/mol. The fourth-order valence-electron chi connectivity index (χ4n) is 6.80. The van der Waals surface area contributed by atoms with Gasteiger partial charge in [-0.15, -0.1) is 0 Å². The Morgan fingerprint density at radius 1 is 0.880 bits per heavy atom. The van der Waals surface area contributed by atoms with Gasteiger partial charge in [-0.25, -0.2) is 0 Å². The molecule has 134 valence electrons. The molecule has 0 heterocycles. The van der Waals surface area contributed by atoms with Gasteiger partial charge in [0.05, 0.1) is 5.41 Å². The predicted molar refractivity (Wildman–Crippen MR) is 99.2 cm³/mol. The average Bonchev–Trinajstić information content (AvgIpc) is 2.45. The summed E-state index contributed by atoms with van der Waals surface area (Å²) in [6, 6.07) is 7.40. The molecule has 2 N–H and O–H groups in total. The molecule has 1 aromatic rings. The van der Waals surface area contributed by atoms with Gasteiger partial charge in [0.1, 0.15) is 0 Å². The molecule has 4 fully saturated rings. The lowest BCUT2D eigenvalue weighted by molar-refractivity contribution is -0.165. The van der Waals surface area contributed by atoms with Crippen LogP contribution < -0.4 is 10.6 Å². The molecule has 0 saturated heterocycles. The SMILES string of the molecule is CC(=O)Nc1ccc(NC(=O)C23CC4CC(C)(CC(C)(C4)C2)C3)cc1. The van der Waals surface area contributed by atoms with E-state index in [0.29, 0.717) is 16.7 Å². The highest BCUT2D eigenvalue weighted by molar-refractivity contribution is 5.96. The molecule has 4 aliphatic rings. The van der Waals surface area contributed by atoms with Gasteiger partial charge >= 0.3 is 0 Å². The Morgan fingerprint density at radius 2 is 1.40 bits per heavy atom. The van der Waals surface area contributed by atoms with E-state index < -0.39 is 0 Å². The molecule has 0 radical (unpaired) electrons. The Kier molecular flexibility index (Phi) is 3.54. The third-order valence-corrected chi connectivity index (χ3v) is 6.57. The van der Waals surface area contributed by atoms with Crippen molar-refractivity contribution in [1.29, 1.82) is 0 Å². The van der Waals surface area contributed by atoms with Gasteiger partial charge in [-0.1, -0.05) is 13.8 Å². The Bertz CT molecular complexity index is 706. The summed E-state index contributed by atoms with van der Waals surface area (Å²) >= 11 is 0. The highest BCUT2D eigenvalue weighted by Crippen LogP contribution is 2.69. The van der Waals surface area contributed by atoms with E-state index in [1.165, 1.54) is 26.2 Å². The van der Waals surface area contributed by atoms with Gasteiger partial charge in [0.2, 0.25) is 11.8 Å². The van der Waals surface area contributed by atoms with Crippen LogP contribution in [0.2, 0.25) is 0 Å². The van der Waals surface area contributed by atoms with Crippen LogP contribution >= 0.6 is 0 Å². The molecule has 0 aliphatic heterocycles. The Morgan fingerprint density at radius 3 is 1.88 bits per heavy atom. The second-order valence-corrected chi connectivity index (χ2v) is 9.62. The van der Waals surface area contributed by atoms with Crippen LogP contribution in [0.5, 0.6) is 0 Å². The molecule has 1 aromatic carbocycles. The van der Waals surface area contributed by atoms with Gasteiger partial charge in [-0.05, 0) is 79.5 Å². The summed E-state index contributed by atoms with van der Waals surface area (Å²) < 4.78 is 0. The van der Waals surface area contributed by atoms with Gasteiger partial charge in [0.25, 0.3) is 0 Å². The summed E-state index contributed by atoms with van der Waals surface area (Å²) in [6.07, 6.45) is 6.97. The number of amides is 2. The monoisotopic (exact) mass is 340 g/mol. The zero-order valence-electron chi connectivity index (χ0n) is 15.4. The molecule has 2 amide bonds. The van der Waals surface area contributed by atoms with Crippen molar-refractivity contribution in [3.05, 3.63) is 24.3 Å². The van der Waals surface area contributed by atoms with Crippen molar-refractivity contribution in [1.82, 2.24) is 0 Å². The van der Waals surface area contributed by atoms with Crippen LogP contribution in [0.15, 0.2) is 24.3 Å². The first-order valence-corrected chi connectivity index (χ1v) is 9.39. The van der Waals surface area contributed by atoms with Gasteiger partial charge in [0.15, 0.2) is 0 Å². The van der Waals surface area contributed by atoms with E-state index in [9.17, 15) is 9.59 Å². The second kappa shape index (κ2) is 5.33. The zero-order chi connectivity index (χ0) is 17.9. The number of rotatable bonds is 3. The van der Waals surface area contributed by atoms with E-state index in [1.807, 2.05) is 24.3 Å². The van der Waals surface area contributed by atoms with E-state index in [4.69, 9.17) is 0 Å². The number of carbonyl (C=O) groups is 2. The summed E-state index contributed by atoms with van der Waals surface area (Å²) in [6.45, 7) is 6.27. The smallest absolute Gasteiger partial charge is 0.230 e. The number of anilines is 2. The largest absolute Gasteiger partial charge is 0.326 e. The lowest BCUT2D eigenvalue weighted by Gasteiger charge is -2.64. The quantitative estimate of drug-likeness (QED) is 0.846. The van der Waals surface area contributed by atoms with Crippen LogP contribution in [0.4, 0.5) is 11.4 Å². The molecular weight excluding hydrogens is 312 g/mol. The van der Waals surface area contributed by atoms with E-state index in [1.54, 1.807) is 0 Å². The lowest BCUT2D eigenvalue weighted by Crippen LogP contribution is -2.58. The molecule has 4 nitrogen and oxygen atoms in total. The van der Waals surface area contributed by atoms with Crippen molar-refractivity contribution in [2.45, 2.75) is 59.3 Å². The standard InChI is InChI=1S/C21H28N2O2/c1-14(24)22-16-4-6-17(7-5-16)23-18(25)21-10-15-8-19(2,12-21)11-20(3,9-15)13-21/h4-7,15H,8-13H2,1-3H3,(H,22,24)(H,23,25). The predicted octanol–water partition coefficient (Wildman–Crippen LogP) is 4.58. The Hall–Kier alpha value is -1.84. The first kappa shape index (κ1) is 16.6. The van der Waals surface area contributed by atoms with Gasteiger partial charge in [-0.3, -0.25) is 9.59 Å². The van der Waals surface area contributed by atoms with Crippen molar-refractivity contribution < 1.29 is 9.59 Å². The second-order valence-electron chi connectivity index (χ2n) is 9.62. The maximum Gasteiger partial charge on any atom is 0.230 e. The number of hydrogen-bond donors (Lipinski definition) is 2. The van der Waals surface area contributed by atoms with Crippen molar-refractivity contribution in [2.24, 2.45) is 22.2 Å². The van der Waals surface area contributed by atoms with Crippen molar-refractivity contribution in [3.8, 4) is 0 Å². The van der Waals surface area contributed by atoms with Gasteiger partial charge in [0, 0.05) is 18.3 Å². The third kappa shape index (κ3) is 2.96. The van der Waals surface area contributed by atoms with Crippen molar-refractivity contribution >= 4 is 23.2 Å². The first-order chi connectivity index (χ1) is 11.7. The van der Waals surface area contributed by atoms with Gasteiger partial charge < -0.3 is 10.6 Å². The minimum Gasteiger partial charge on any atom is -0.326 e. The number of nitrogens with one attached hydrogen (secondary N) is 2. The Balaban J connectivity index is 1.52. The molecule has 4 bridgehead atoms. The van der Waals surface area contributed by atoms with Crippen LogP contribution in [-0.4, -0.2) is 11.8 Å². The summed E-state index contributed by atoms with van der Waals surface area (Å²) in [7, 11) is 0. The first-order valence-electron chi connectivity index (χ1n) is 9.39. The molecule has 0 aromatic heterocycles. The molecular formula is C21H28N2O2. The molecule has 25 heavy (non-hydrogen) atoms. The van der Waals surface area contributed by atoms with E-state index in [-0.39, 0.29) is 17.2 Å². The van der Waals surface area contributed by atoms with E-state index in [0.717, 1.165) is 30.6 Å². The summed E-state index contributed by atoms with van der Waals surface area (Å²) in [5.74, 6) is 0.812. The lowest BCUT2D eigenvalue weighted by atomic mass is 9.40. The Labute approximate surface area is 149 Å². The topological polar surface area (TPSA) is 58.2 Å². The highest BCUT2D eigenvalue weighted by atomic mass is 16.2. The summed E-state index contributed by atoms with van der Waals surface area (Å²) in [5, 5.41) is 5.91. The van der Waals surface area contributed by atoms with Gasteiger partial charge in [-0.2, -0.15) is 0 Å². The van der Waals surface area contributed by atoms with Crippen LogP contribution in [0.1, 0.15) is 59.3 Å². The van der Waals surface area contributed by atoms with Crippen LogP contribution in [0, 0.1) is 22.2 Å². The summed E-state index contributed by atoms with van der Waals surface area (Å²) in [5.41, 5.74) is 2.03. The number of carbonyl (C=O) groups excluding carboxylic acids is 2.